The van der Waals surface area contributed by atoms with Crippen molar-refractivity contribution in [3.63, 3.8) is 0 Å². The molecule has 0 N–H and O–H groups in total. The Morgan fingerprint density at radius 1 is 0.205 bits per heavy atom. The van der Waals surface area contributed by atoms with Crippen LogP contribution in [0.1, 0.15) is 66.8 Å². The standard InChI is InChI=1S/C42H48N2/c1-17-19(3)29-33-27(11)36-32-24(8)26(10)42(44(15)16)38-22(6)18(2)20(4)30(40(32)38)34(36)28(12)35(33)31-23(7)25(9)41(43(13)14)37(21(17)5)39(29)31/h1-16H3. The molecule has 2 heteroatoms. The van der Waals surface area contributed by atoms with Gasteiger partial charge in [0.2, 0.25) is 0 Å². The lowest BCUT2D eigenvalue weighted by Gasteiger charge is -2.24. The molecule has 7 aromatic rings. The van der Waals surface area contributed by atoms with Crippen LogP contribution in [-0.4, -0.2) is 28.2 Å². The van der Waals surface area contributed by atoms with Gasteiger partial charge in [0.15, 0.2) is 0 Å². The van der Waals surface area contributed by atoms with E-state index in [0.717, 1.165) is 0 Å². The quantitative estimate of drug-likeness (QED) is 0.201. The molecule has 7 aromatic carbocycles. The summed E-state index contributed by atoms with van der Waals surface area (Å²) < 4.78 is 0. The zero-order valence-corrected chi connectivity index (χ0v) is 29.9. The Kier molecular flexibility index (Phi) is 5.86. The van der Waals surface area contributed by atoms with Crippen molar-refractivity contribution < 1.29 is 0 Å². The van der Waals surface area contributed by atoms with Gasteiger partial charge in [-0.25, -0.2) is 0 Å². The molecule has 0 amide bonds. The Labute approximate surface area is 263 Å². The Morgan fingerprint density at radius 2 is 0.409 bits per heavy atom. The molecule has 0 atom stereocenters. The summed E-state index contributed by atoms with van der Waals surface area (Å²) in [7, 11) is 8.85. The van der Waals surface area contributed by atoms with Gasteiger partial charge < -0.3 is 9.80 Å². The fourth-order valence-corrected chi connectivity index (χ4v) is 9.50. The second-order valence-electron chi connectivity index (χ2n) is 14.5. The van der Waals surface area contributed by atoms with Crippen LogP contribution in [0.4, 0.5) is 11.4 Å². The fourth-order valence-electron chi connectivity index (χ4n) is 9.50. The first-order chi connectivity index (χ1) is 20.6. The molecule has 0 aromatic heterocycles. The molecule has 0 saturated carbocycles. The van der Waals surface area contributed by atoms with Crippen LogP contribution in [0.2, 0.25) is 0 Å². The van der Waals surface area contributed by atoms with E-state index < -0.39 is 0 Å². The van der Waals surface area contributed by atoms with Gasteiger partial charge in [0.1, 0.15) is 0 Å². The molecule has 0 heterocycles. The maximum absolute atomic E-state index is 2.43. The molecule has 0 bridgehead atoms. The minimum absolute atomic E-state index is 1.37. The molecule has 0 saturated heterocycles. The molecule has 2 nitrogen and oxygen atoms in total. The number of rotatable bonds is 2. The van der Waals surface area contributed by atoms with E-state index >= 15 is 0 Å². The minimum atomic E-state index is 1.37. The number of benzene rings is 5. The Morgan fingerprint density at radius 3 is 0.659 bits per heavy atom. The maximum Gasteiger partial charge on any atom is 0.0476 e. The van der Waals surface area contributed by atoms with E-state index in [0.29, 0.717) is 0 Å². The topological polar surface area (TPSA) is 6.48 Å². The van der Waals surface area contributed by atoms with Crippen LogP contribution >= 0.6 is 0 Å². The number of fused-ring (bicyclic) bond motifs is 6. The second-order valence-corrected chi connectivity index (χ2v) is 14.5. The number of hydrogen-bond donors (Lipinski definition) is 0. The minimum Gasteiger partial charge on any atom is -0.377 e. The Balaban J connectivity index is 1.94. The summed E-state index contributed by atoms with van der Waals surface area (Å²) in [4.78, 5) is 4.69. The predicted molar refractivity (Wildman–Crippen MR) is 199 cm³/mol. The molecule has 0 aliphatic carbocycles. The third-order valence-corrected chi connectivity index (χ3v) is 12.2. The highest BCUT2D eigenvalue weighted by molar-refractivity contribution is 6.43. The van der Waals surface area contributed by atoms with Crippen molar-refractivity contribution in [1.29, 1.82) is 0 Å². The molecule has 7 rings (SSSR count). The smallest absolute Gasteiger partial charge is 0.0476 e. The van der Waals surface area contributed by atoms with Crippen molar-refractivity contribution in [2.45, 2.75) is 83.1 Å². The zero-order chi connectivity index (χ0) is 32.2. The number of nitrogens with zero attached hydrogens (tertiary/aromatic N) is 2. The number of aryl methyl sites for hydroxylation is 8. The maximum atomic E-state index is 2.43. The van der Waals surface area contributed by atoms with Crippen molar-refractivity contribution in [3.8, 4) is 0 Å². The van der Waals surface area contributed by atoms with Gasteiger partial charge in [-0.2, -0.15) is 0 Å². The monoisotopic (exact) mass is 580 g/mol. The van der Waals surface area contributed by atoms with E-state index in [1.165, 1.54) is 143 Å². The summed E-state index contributed by atoms with van der Waals surface area (Å²) in [5, 5.41) is 17.6. The fraction of sp³-hybridized carbons (Fsp3) is 0.381. The average Bonchev–Trinajstić information content (AvgIpc) is 3.51. The Hall–Kier alpha value is -3.78. The lowest BCUT2D eigenvalue weighted by atomic mass is 9.87. The Bertz CT molecular complexity index is 2200. The van der Waals surface area contributed by atoms with Gasteiger partial charge in [0.25, 0.3) is 0 Å². The van der Waals surface area contributed by atoms with E-state index in [1.807, 2.05) is 0 Å². The van der Waals surface area contributed by atoms with Gasteiger partial charge in [0, 0.05) is 61.1 Å². The molecule has 0 fully saturated rings. The highest BCUT2D eigenvalue weighted by atomic mass is 15.1. The lowest BCUT2D eigenvalue weighted by Crippen LogP contribution is -2.12. The van der Waals surface area contributed by atoms with Gasteiger partial charge in [0.05, 0.1) is 0 Å². The van der Waals surface area contributed by atoms with Crippen molar-refractivity contribution in [2.75, 3.05) is 38.0 Å². The largest absolute Gasteiger partial charge is 0.377 e. The summed E-state index contributed by atoms with van der Waals surface area (Å²) in [5.74, 6) is 0. The lowest BCUT2D eigenvalue weighted by molar-refractivity contribution is 1.12. The summed E-state index contributed by atoms with van der Waals surface area (Å²) >= 11 is 0. The molecular formula is C42H48N2. The summed E-state index contributed by atoms with van der Waals surface area (Å²) in [6.45, 7) is 28.4. The molecule has 226 valence electrons. The van der Waals surface area contributed by atoms with Crippen molar-refractivity contribution in [3.05, 3.63) is 66.8 Å². The van der Waals surface area contributed by atoms with Gasteiger partial charge in [-0.1, -0.05) is 0 Å². The molecular weight excluding hydrogens is 532 g/mol. The van der Waals surface area contributed by atoms with E-state index in [2.05, 4.69) is 121 Å². The highest BCUT2D eigenvalue weighted by Gasteiger charge is 2.31. The number of anilines is 2. The van der Waals surface area contributed by atoms with E-state index in [1.54, 1.807) is 0 Å². The molecule has 0 spiro atoms. The predicted octanol–water partition coefficient (Wildman–Crippen LogP) is 11.3. The van der Waals surface area contributed by atoms with Gasteiger partial charge >= 0.3 is 0 Å². The first kappa shape index (κ1) is 29.0. The third-order valence-electron chi connectivity index (χ3n) is 12.2. The molecule has 0 aliphatic rings. The first-order valence-corrected chi connectivity index (χ1v) is 16.2. The van der Waals surface area contributed by atoms with E-state index in [9.17, 15) is 0 Å². The van der Waals surface area contributed by atoms with Crippen LogP contribution in [0.5, 0.6) is 0 Å². The van der Waals surface area contributed by atoms with Crippen LogP contribution in [-0.2, 0) is 0 Å². The van der Waals surface area contributed by atoms with Crippen molar-refractivity contribution in [2.24, 2.45) is 0 Å². The molecule has 0 aliphatic heterocycles. The van der Waals surface area contributed by atoms with Crippen LogP contribution < -0.4 is 9.80 Å². The SMILES string of the molecule is Cc1c(C)c2c(N(C)C)c(C)c(C)c3c4c(C)c5c(c(C)c4c(c1C)c23)c1c(C)c(C)c(N(C)C)c2c(C)c(C)c(C)c5c21. The number of hydrogen-bond acceptors (Lipinski definition) is 2. The van der Waals surface area contributed by atoms with Crippen LogP contribution in [0.15, 0.2) is 0 Å². The molecule has 44 heavy (non-hydrogen) atoms. The zero-order valence-electron chi connectivity index (χ0n) is 29.9. The average molecular weight is 581 g/mol. The van der Waals surface area contributed by atoms with E-state index in [-0.39, 0.29) is 0 Å². The summed E-state index contributed by atoms with van der Waals surface area (Å²) in [5.41, 5.74) is 19.8. The highest BCUT2D eigenvalue weighted by Crippen LogP contribution is 2.56. The molecule has 0 unspecified atom stereocenters. The van der Waals surface area contributed by atoms with Crippen LogP contribution in [0, 0.1) is 83.1 Å². The van der Waals surface area contributed by atoms with Gasteiger partial charge in [-0.05, 0) is 193 Å². The summed E-state index contributed by atoms with van der Waals surface area (Å²) in [6.07, 6.45) is 0. The normalized spacial score (nSPS) is 12.5. The van der Waals surface area contributed by atoms with E-state index in [4.69, 9.17) is 0 Å². The first-order valence-electron chi connectivity index (χ1n) is 16.2. The van der Waals surface area contributed by atoms with Crippen LogP contribution in [0.3, 0.4) is 0 Å². The van der Waals surface area contributed by atoms with Gasteiger partial charge in [-0.3, -0.25) is 0 Å². The second kappa shape index (κ2) is 8.90. The van der Waals surface area contributed by atoms with Gasteiger partial charge in [-0.15, -0.1) is 0 Å². The van der Waals surface area contributed by atoms with Crippen molar-refractivity contribution >= 4 is 76.0 Å². The third kappa shape index (κ3) is 3.03. The molecule has 0 radical (unpaired) electrons. The van der Waals surface area contributed by atoms with Crippen LogP contribution in [0.25, 0.3) is 64.6 Å². The summed E-state index contributed by atoms with van der Waals surface area (Å²) in [6, 6.07) is 0. The van der Waals surface area contributed by atoms with Crippen molar-refractivity contribution in [1.82, 2.24) is 0 Å².